The van der Waals surface area contributed by atoms with Crippen molar-refractivity contribution in [1.82, 2.24) is 4.98 Å². The molecule has 1 heterocycles. The molecule has 11 nitrogen and oxygen atoms in total. The summed E-state index contributed by atoms with van der Waals surface area (Å²) < 4.78 is 5.13. The molecule has 0 aliphatic heterocycles. The number of ether oxygens (including phenoxy) is 1. The number of hydrogen-bond donors (Lipinski definition) is 0. The van der Waals surface area contributed by atoms with E-state index in [2.05, 4.69) is 4.98 Å². The lowest BCUT2D eigenvalue weighted by Gasteiger charge is -2.06. The van der Waals surface area contributed by atoms with Crippen molar-refractivity contribution >= 4 is 17.1 Å². The Morgan fingerprint density at radius 2 is 1.55 bits per heavy atom. The molecule has 0 fully saturated rings. The van der Waals surface area contributed by atoms with Gasteiger partial charge in [0.25, 0.3) is 11.4 Å². The van der Waals surface area contributed by atoms with Crippen molar-refractivity contribution in [3.8, 4) is 11.5 Å². The normalized spacial score (nSPS) is 10.0. The highest BCUT2D eigenvalue weighted by molar-refractivity contribution is 5.66. The molecule has 0 radical (unpaired) electrons. The minimum Gasteiger partial charge on any atom is -0.443 e. The topological polar surface area (TPSA) is 152 Å². The Hall–Kier alpha value is -3.63. The van der Waals surface area contributed by atoms with Crippen LogP contribution in [-0.2, 0) is 0 Å². The van der Waals surface area contributed by atoms with E-state index in [-0.39, 0.29) is 5.75 Å². The number of benzene rings is 1. The number of nitrogens with zero attached hydrogens (tertiary/aromatic N) is 4. The van der Waals surface area contributed by atoms with Crippen LogP contribution in [0, 0.1) is 30.3 Å². The Kier molecular flexibility index (Phi) is 3.88. The summed E-state index contributed by atoms with van der Waals surface area (Å²) in [6, 6.07) is 4.03. The van der Waals surface area contributed by atoms with E-state index in [1.165, 1.54) is 24.5 Å². The number of pyridine rings is 1. The van der Waals surface area contributed by atoms with Crippen molar-refractivity contribution < 1.29 is 19.5 Å². The smallest absolute Gasteiger partial charge is 0.325 e. The third-order valence-corrected chi connectivity index (χ3v) is 2.49. The molecule has 1 aromatic carbocycles. The summed E-state index contributed by atoms with van der Waals surface area (Å²) in [6.07, 6.45) is 2.60. The zero-order chi connectivity index (χ0) is 16.3. The molecule has 0 saturated carbocycles. The first-order valence-corrected chi connectivity index (χ1v) is 5.59. The molecule has 0 saturated heterocycles. The van der Waals surface area contributed by atoms with E-state index in [4.69, 9.17) is 4.74 Å². The fourth-order valence-corrected chi connectivity index (χ4v) is 1.59. The van der Waals surface area contributed by atoms with Gasteiger partial charge in [-0.25, -0.2) is 0 Å². The number of rotatable bonds is 5. The molecular formula is C11H6N4O7. The Labute approximate surface area is 121 Å². The van der Waals surface area contributed by atoms with Gasteiger partial charge in [-0.2, -0.15) is 0 Å². The molecule has 0 unspecified atom stereocenters. The van der Waals surface area contributed by atoms with Crippen LogP contribution in [0.4, 0.5) is 17.1 Å². The molecule has 0 N–H and O–H groups in total. The molecule has 0 spiro atoms. The van der Waals surface area contributed by atoms with Crippen molar-refractivity contribution in [2.24, 2.45) is 0 Å². The van der Waals surface area contributed by atoms with E-state index in [0.717, 1.165) is 0 Å². The summed E-state index contributed by atoms with van der Waals surface area (Å²) in [5, 5.41) is 32.8. The van der Waals surface area contributed by atoms with E-state index in [0.29, 0.717) is 12.1 Å². The molecule has 0 atom stereocenters. The lowest BCUT2D eigenvalue weighted by atomic mass is 10.2. The van der Waals surface area contributed by atoms with Crippen LogP contribution < -0.4 is 4.74 Å². The van der Waals surface area contributed by atoms with Gasteiger partial charge in [0.1, 0.15) is 5.75 Å². The summed E-state index contributed by atoms with van der Waals surface area (Å²) in [5.74, 6) is -0.684. The standard InChI is InChI=1S/C11H6N4O7/c16-13(17)7-4-9(14(18)19)11(10(5-7)15(20)21)22-8-2-1-3-12-6-8/h1-6H. The Morgan fingerprint density at radius 1 is 0.955 bits per heavy atom. The first kappa shape index (κ1) is 14.8. The van der Waals surface area contributed by atoms with Gasteiger partial charge in [-0.05, 0) is 12.1 Å². The zero-order valence-corrected chi connectivity index (χ0v) is 10.6. The van der Waals surface area contributed by atoms with Crippen LogP contribution in [-0.4, -0.2) is 19.8 Å². The van der Waals surface area contributed by atoms with E-state index in [1.54, 1.807) is 0 Å². The van der Waals surface area contributed by atoms with Crippen LogP contribution in [0.15, 0.2) is 36.7 Å². The number of hydrogen-bond acceptors (Lipinski definition) is 8. The lowest BCUT2D eigenvalue weighted by molar-refractivity contribution is -0.404. The van der Waals surface area contributed by atoms with Crippen LogP contribution in [0.3, 0.4) is 0 Å². The maximum atomic E-state index is 11.0. The molecule has 112 valence electrons. The third-order valence-electron chi connectivity index (χ3n) is 2.49. The van der Waals surface area contributed by atoms with E-state index < -0.39 is 37.6 Å². The summed E-state index contributed by atoms with van der Waals surface area (Å²) >= 11 is 0. The summed E-state index contributed by atoms with van der Waals surface area (Å²) in [7, 11) is 0. The highest BCUT2D eigenvalue weighted by Gasteiger charge is 2.32. The molecule has 2 aromatic rings. The van der Waals surface area contributed by atoms with Crippen LogP contribution in [0.5, 0.6) is 11.5 Å². The minimum absolute atomic E-state index is 0.0163. The first-order valence-electron chi connectivity index (χ1n) is 5.59. The summed E-state index contributed by atoms with van der Waals surface area (Å²) in [5.41, 5.74) is -2.55. The molecule has 11 heteroatoms. The van der Waals surface area contributed by atoms with Gasteiger partial charge in [0.05, 0.1) is 33.1 Å². The maximum absolute atomic E-state index is 11.0. The Balaban J connectivity index is 2.66. The lowest BCUT2D eigenvalue weighted by Crippen LogP contribution is -2.01. The fourth-order valence-electron chi connectivity index (χ4n) is 1.59. The monoisotopic (exact) mass is 306 g/mol. The number of nitro benzene ring substituents is 3. The molecule has 0 bridgehead atoms. The average Bonchev–Trinajstić information content (AvgIpc) is 2.47. The summed E-state index contributed by atoms with van der Waals surface area (Å²) in [6.45, 7) is 0. The van der Waals surface area contributed by atoms with Gasteiger partial charge >= 0.3 is 11.4 Å². The zero-order valence-electron chi connectivity index (χ0n) is 10.6. The van der Waals surface area contributed by atoms with Crippen LogP contribution in [0.1, 0.15) is 0 Å². The van der Waals surface area contributed by atoms with Crippen molar-refractivity contribution in [2.45, 2.75) is 0 Å². The Morgan fingerprint density at radius 3 is 1.95 bits per heavy atom. The van der Waals surface area contributed by atoms with Crippen molar-refractivity contribution in [2.75, 3.05) is 0 Å². The largest absolute Gasteiger partial charge is 0.443 e. The average molecular weight is 306 g/mol. The van der Waals surface area contributed by atoms with Crippen molar-refractivity contribution in [3.63, 3.8) is 0 Å². The van der Waals surface area contributed by atoms with Gasteiger partial charge in [0, 0.05) is 6.20 Å². The summed E-state index contributed by atoms with van der Waals surface area (Å²) in [4.78, 5) is 33.5. The highest BCUT2D eigenvalue weighted by atomic mass is 16.6. The number of nitro groups is 3. The van der Waals surface area contributed by atoms with Gasteiger partial charge in [-0.15, -0.1) is 0 Å². The Bertz CT molecular complexity index is 727. The minimum atomic E-state index is -0.994. The first-order chi connectivity index (χ1) is 10.4. The third kappa shape index (κ3) is 2.92. The van der Waals surface area contributed by atoms with E-state index in [9.17, 15) is 30.3 Å². The second-order valence-electron chi connectivity index (χ2n) is 3.88. The molecule has 0 aliphatic rings. The molecule has 1 aromatic heterocycles. The van der Waals surface area contributed by atoms with Gasteiger partial charge in [-0.3, -0.25) is 35.3 Å². The predicted octanol–water partition coefficient (Wildman–Crippen LogP) is 2.60. The van der Waals surface area contributed by atoms with Crippen molar-refractivity contribution in [1.29, 1.82) is 0 Å². The van der Waals surface area contributed by atoms with E-state index in [1.807, 2.05) is 0 Å². The van der Waals surface area contributed by atoms with Crippen LogP contribution in [0.2, 0.25) is 0 Å². The molecule has 0 amide bonds. The van der Waals surface area contributed by atoms with Crippen molar-refractivity contribution in [3.05, 3.63) is 67.0 Å². The number of non-ortho nitro benzene ring substituents is 1. The van der Waals surface area contributed by atoms with Gasteiger partial charge < -0.3 is 4.74 Å². The molecule has 0 aliphatic carbocycles. The highest BCUT2D eigenvalue weighted by Crippen LogP contribution is 2.42. The van der Waals surface area contributed by atoms with Crippen LogP contribution >= 0.6 is 0 Å². The fraction of sp³-hybridized carbons (Fsp3) is 0. The van der Waals surface area contributed by atoms with Gasteiger partial charge in [0.15, 0.2) is 0 Å². The second-order valence-corrected chi connectivity index (χ2v) is 3.88. The molecular weight excluding hydrogens is 300 g/mol. The number of aromatic nitrogens is 1. The predicted molar refractivity (Wildman–Crippen MR) is 70.7 cm³/mol. The van der Waals surface area contributed by atoms with E-state index >= 15 is 0 Å². The second kappa shape index (κ2) is 5.78. The van der Waals surface area contributed by atoms with Crippen LogP contribution in [0.25, 0.3) is 0 Å². The molecule has 22 heavy (non-hydrogen) atoms. The molecule has 2 rings (SSSR count). The van der Waals surface area contributed by atoms with Gasteiger partial charge in [-0.1, -0.05) is 0 Å². The van der Waals surface area contributed by atoms with Gasteiger partial charge in [0.2, 0.25) is 0 Å². The maximum Gasteiger partial charge on any atom is 0.325 e. The quantitative estimate of drug-likeness (QED) is 0.603. The SMILES string of the molecule is O=[N+]([O-])c1cc([N+](=O)[O-])c(Oc2cccnc2)c([N+](=O)[O-])c1.